The predicted octanol–water partition coefficient (Wildman–Crippen LogP) is 2.97. The number of hydrogen-bond donors (Lipinski definition) is 2. The van der Waals surface area contributed by atoms with E-state index in [1.54, 1.807) is 6.26 Å². The molecule has 5 nitrogen and oxygen atoms in total. The molecule has 0 aliphatic carbocycles. The average molecular weight is 272 g/mol. The number of nitrogen functional groups attached to an aromatic ring is 1. The molecule has 0 bridgehead atoms. The van der Waals surface area contributed by atoms with Crippen LogP contribution in [0.3, 0.4) is 0 Å². The molecule has 0 saturated carbocycles. The highest BCUT2D eigenvalue weighted by Crippen LogP contribution is 2.34. The van der Waals surface area contributed by atoms with Gasteiger partial charge >= 0.3 is 0 Å². The second-order valence-corrected chi connectivity index (χ2v) is 4.99. The summed E-state index contributed by atoms with van der Waals surface area (Å²) in [4.78, 5) is 9.77. The summed E-state index contributed by atoms with van der Waals surface area (Å²) in [6, 6.07) is 9.75. The summed E-state index contributed by atoms with van der Waals surface area (Å²) in [7, 11) is 0. The van der Waals surface area contributed by atoms with Crippen molar-refractivity contribution in [3.05, 3.63) is 42.4 Å². The predicted molar refractivity (Wildman–Crippen MR) is 74.9 cm³/mol. The van der Waals surface area contributed by atoms with Crippen molar-refractivity contribution in [2.45, 2.75) is 16.8 Å². The van der Waals surface area contributed by atoms with Crippen LogP contribution in [-0.2, 0) is 0 Å². The van der Waals surface area contributed by atoms with Crippen LogP contribution in [0.25, 0.3) is 10.9 Å². The number of aromatic nitrogens is 2. The summed E-state index contributed by atoms with van der Waals surface area (Å²) in [6.45, 7) is 1.92. The molecule has 19 heavy (non-hydrogen) atoms. The van der Waals surface area contributed by atoms with E-state index in [2.05, 4.69) is 15.4 Å². The fourth-order valence-corrected chi connectivity index (χ4v) is 2.71. The van der Waals surface area contributed by atoms with Crippen LogP contribution in [0.5, 0.6) is 0 Å². The van der Waals surface area contributed by atoms with Gasteiger partial charge in [0.25, 0.3) is 0 Å². The van der Waals surface area contributed by atoms with Gasteiger partial charge in [-0.2, -0.15) is 0 Å². The minimum Gasteiger partial charge on any atom is -0.468 e. The van der Waals surface area contributed by atoms with Crippen molar-refractivity contribution in [2.75, 3.05) is 5.43 Å². The topological polar surface area (TPSA) is 77.0 Å². The quantitative estimate of drug-likeness (QED) is 0.433. The largest absolute Gasteiger partial charge is 0.468 e. The molecule has 3 aromatic rings. The van der Waals surface area contributed by atoms with Crippen molar-refractivity contribution in [1.29, 1.82) is 0 Å². The van der Waals surface area contributed by atoms with Gasteiger partial charge in [0.05, 0.1) is 16.7 Å². The third kappa shape index (κ3) is 2.27. The molecular weight excluding hydrogens is 260 g/mol. The molecule has 0 amide bonds. The lowest BCUT2D eigenvalue weighted by atomic mass is 10.2. The lowest BCUT2D eigenvalue weighted by Gasteiger charge is -2.07. The monoisotopic (exact) mass is 272 g/mol. The summed E-state index contributed by atoms with van der Waals surface area (Å²) in [5, 5.41) is 1.84. The number of furan rings is 1. The van der Waals surface area contributed by atoms with E-state index in [1.807, 2.05) is 37.3 Å². The molecule has 0 atom stereocenters. The van der Waals surface area contributed by atoms with Crippen molar-refractivity contribution in [2.24, 2.45) is 5.84 Å². The maximum absolute atomic E-state index is 5.41. The minimum absolute atomic E-state index is 0.405. The first-order chi connectivity index (χ1) is 9.28. The van der Waals surface area contributed by atoms with Crippen LogP contribution >= 0.6 is 11.8 Å². The van der Waals surface area contributed by atoms with Crippen LogP contribution in [0.15, 0.2) is 50.9 Å². The number of benzene rings is 1. The second-order valence-electron chi connectivity index (χ2n) is 3.96. The van der Waals surface area contributed by atoms with Gasteiger partial charge in [0.15, 0.2) is 0 Å². The first kappa shape index (κ1) is 12.0. The van der Waals surface area contributed by atoms with Crippen LogP contribution in [0, 0.1) is 6.92 Å². The van der Waals surface area contributed by atoms with E-state index in [4.69, 9.17) is 10.3 Å². The molecule has 0 aliphatic rings. The summed E-state index contributed by atoms with van der Waals surface area (Å²) in [6.07, 6.45) is 1.67. The zero-order valence-electron chi connectivity index (χ0n) is 10.3. The van der Waals surface area contributed by atoms with Crippen molar-refractivity contribution in [3.63, 3.8) is 0 Å². The Morgan fingerprint density at radius 2 is 2.05 bits per heavy atom. The number of hydrazine groups is 1. The number of rotatable bonds is 3. The van der Waals surface area contributed by atoms with Gasteiger partial charge < -0.3 is 4.42 Å². The molecule has 0 saturated heterocycles. The van der Waals surface area contributed by atoms with Crippen LogP contribution in [0.1, 0.15) is 5.76 Å². The van der Waals surface area contributed by atoms with Gasteiger partial charge in [0, 0.05) is 5.39 Å². The molecule has 1 aromatic carbocycles. The Balaban J connectivity index is 2.13. The highest BCUT2D eigenvalue weighted by atomic mass is 32.2. The van der Waals surface area contributed by atoms with E-state index < -0.39 is 0 Å². The van der Waals surface area contributed by atoms with Crippen LogP contribution in [-0.4, -0.2) is 9.97 Å². The molecular formula is C13H12N4OS. The Morgan fingerprint density at radius 3 is 2.79 bits per heavy atom. The number of nitrogens with two attached hydrogens (primary N) is 1. The number of para-hydroxylation sites is 1. The maximum Gasteiger partial charge on any atom is 0.238 e. The summed E-state index contributed by atoms with van der Waals surface area (Å²) in [5.41, 5.74) is 3.35. The number of aryl methyl sites for hydroxylation is 1. The van der Waals surface area contributed by atoms with Crippen molar-refractivity contribution >= 4 is 28.6 Å². The molecule has 6 heteroatoms. The van der Waals surface area contributed by atoms with Gasteiger partial charge in [-0.3, -0.25) is 5.43 Å². The summed E-state index contributed by atoms with van der Waals surface area (Å²) < 4.78 is 5.30. The van der Waals surface area contributed by atoms with Gasteiger partial charge in [-0.05, 0) is 19.1 Å². The standard InChI is InChI=1S/C13H12N4OS/c1-8-11(6-7-18-8)19-12-9-4-2-3-5-10(9)15-13(16-12)17-14/h2-7H,14H2,1H3,(H,15,16,17). The number of fused-ring (bicyclic) bond motifs is 1. The van der Waals surface area contributed by atoms with Crippen LogP contribution in [0.2, 0.25) is 0 Å². The normalized spacial score (nSPS) is 10.8. The molecule has 3 N–H and O–H groups in total. The van der Waals surface area contributed by atoms with Gasteiger partial charge in [-0.25, -0.2) is 15.8 Å². The Kier molecular flexibility index (Phi) is 3.10. The third-order valence-electron chi connectivity index (χ3n) is 2.72. The summed E-state index contributed by atoms with van der Waals surface area (Å²) >= 11 is 1.54. The molecule has 2 aromatic heterocycles. The molecule has 3 rings (SSSR count). The molecule has 0 unspecified atom stereocenters. The van der Waals surface area contributed by atoms with E-state index in [1.165, 1.54) is 11.8 Å². The molecule has 0 aliphatic heterocycles. The van der Waals surface area contributed by atoms with E-state index in [0.717, 1.165) is 26.6 Å². The Bertz CT molecular complexity index is 725. The molecule has 0 fully saturated rings. The SMILES string of the molecule is Cc1occc1Sc1nc(NN)nc2ccccc12. The average Bonchev–Trinajstić information content (AvgIpc) is 2.84. The lowest BCUT2D eigenvalue weighted by molar-refractivity contribution is 0.527. The van der Waals surface area contributed by atoms with Crippen LogP contribution in [0.4, 0.5) is 5.95 Å². The van der Waals surface area contributed by atoms with Crippen molar-refractivity contribution in [3.8, 4) is 0 Å². The Hall–Kier alpha value is -2.05. The highest BCUT2D eigenvalue weighted by Gasteiger charge is 2.11. The zero-order valence-corrected chi connectivity index (χ0v) is 11.1. The van der Waals surface area contributed by atoms with E-state index >= 15 is 0 Å². The number of anilines is 1. The molecule has 96 valence electrons. The van der Waals surface area contributed by atoms with Crippen molar-refractivity contribution < 1.29 is 4.42 Å². The first-order valence-corrected chi connectivity index (χ1v) is 6.55. The van der Waals surface area contributed by atoms with E-state index in [0.29, 0.717) is 5.95 Å². The Morgan fingerprint density at radius 1 is 1.21 bits per heavy atom. The fraction of sp³-hybridized carbons (Fsp3) is 0.0769. The van der Waals surface area contributed by atoms with Gasteiger partial charge in [-0.15, -0.1) is 0 Å². The smallest absolute Gasteiger partial charge is 0.238 e. The zero-order chi connectivity index (χ0) is 13.2. The fourth-order valence-electron chi connectivity index (χ4n) is 1.77. The first-order valence-electron chi connectivity index (χ1n) is 5.73. The van der Waals surface area contributed by atoms with Gasteiger partial charge in [0.1, 0.15) is 10.8 Å². The second kappa shape index (κ2) is 4.91. The lowest BCUT2D eigenvalue weighted by Crippen LogP contribution is -2.10. The number of nitrogens with one attached hydrogen (secondary N) is 1. The maximum atomic E-state index is 5.41. The minimum atomic E-state index is 0.405. The summed E-state index contributed by atoms with van der Waals surface area (Å²) in [5.74, 6) is 6.69. The third-order valence-corrected chi connectivity index (χ3v) is 3.86. The van der Waals surface area contributed by atoms with Gasteiger partial charge in [0.2, 0.25) is 5.95 Å². The molecule has 0 spiro atoms. The van der Waals surface area contributed by atoms with Crippen molar-refractivity contribution in [1.82, 2.24) is 9.97 Å². The van der Waals surface area contributed by atoms with Gasteiger partial charge in [-0.1, -0.05) is 30.0 Å². The molecule has 0 radical (unpaired) electrons. The number of hydrogen-bond acceptors (Lipinski definition) is 6. The van der Waals surface area contributed by atoms with E-state index in [-0.39, 0.29) is 0 Å². The molecule has 2 heterocycles. The van der Waals surface area contributed by atoms with Crippen LogP contribution < -0.4 is 11.3 Å². The number of nitrogens with zero attached hydrogens (tertiary/aromatic N) is 2. The highest BCUT2D eigenvalue weighted by molar-refractivity contribution is 7.99. The Labute approximate surface area is 114 Å². The van der Waals surface area contributed by atoms with E-state index in [9.17, 15) is 0 Å².